The van der Waals surface area contributed by atoms with E-state index in [2.05, 4.69) is 5.32 Å². The Morgan fingerprint density at radius 2 is 2.37 bits per heavy atom. The summed E-state index contributed by atoms with van der Waals surface area (Å²) < 4.78 is 4.91. The molecule has 19 heavy (non-hydrogen) atoms. The standard InChI is InChI=1S/C14H18ClNO2S/c1-16-14(13(17)18-2)7-6-12(9-14)19-11-5-3-4-10(15)8-11/h3-5,8,12,16H,6-7,9H2,1-2H3. The van der Waals surface area contributed by atoms with E-state index in [1.54, 1.807) is 11.8 Å². The second-order valence-corrected chi connectivity index (χ2v) is 6.57. The van der Waals surface area contributed by atoms with Gasteiger partial charge in [0, 0.05) is 15.2 Å². The lowest BCUT2D eigenvalue weighted by Gasteiger charge is -2.25. The van der Waals surface area contributed by atoms with E-state index >= 15 is 0 Å². The van der Waals surface area contributed by atoms with Gasteiger partial charge in [-0.2, -0.15) is 0 Å². The molecule has 0 bridgehead atoms. The summed E-state index contributed by atoms with van der Waals surface area (Å²) in [6.07, 6.45) is 2.59. The highest BCUT2D eigenvalue weighted by Gasteiger charge is 2.45. The van der Waals surface area contributed by atoms with Gasteiger partial charge >= 0.3 is 5.97 Å². The van der Waals surface area contributed by atoms with E-state index in [1.165, 1.54) is 7.11 Å². The third kappa shape index (κ3) is 3.25. The second-order valence-electron chi connectivity index (χ2n) is 4.76. The molecular weight excluding hydrogens is 282 g/mol. The summed E-state index contributed by atoms with van der Waals surface area (Å²) in [4.78, 5) is 13.1. The quantitative estimate of drug-likeness (QED) is 0.867. The van der Waals surface area contributed by atoms with Gasteiger partial charge in [0.1, 0.15) is 5.54 Å². The Balaban J connectivity index is 2.04. The minimum atomic E-state index is -0.523. The maximum absolute atomic E-state index is 11.9. The van der Waals surface area contributed by atoms with Gasteiger partial charge in [0.05, 0.1) is 7.11 Å². The van der Waals surface area contributed by atoms with Crippen LogP contribution in [-0.4, -0.2) is 30.9 Å². The monoisotopic (exact) mass is 299 g/mol. The summed E-state index contributed by atoms with van der Waals surface area (Å²) in [6.45, 7) is 0. The van der Waals surface area contributed by atoms with Crippen LogP contribution in [0.1, 0.15) is 19.3 Å². The fourth-order valence-electron chi connectivity index (χ4n) is 2.54. The summed E-state index contributed by atoms with van der Waals surface area (Å²) in [5.41, 5.74) is -0.523. The number of carbonyl (C=O) groups excluding carboxylic acids is 1. The number of carbonyl (C=O) groups is 1. The fraction of sp³-hybridized carbons (Fsp3) is 0.500. The maximum Gasteiger partial charge on any atom is 0.326 e. The van der Waals surface area contributed by atoms with E-state index in [9.17, 15) is 4.79 Å². The molecular formula is C14H18ClNO2S. The summed E-state index contributed by atoms with van der Waals surface area (Å²) >= 11 is 7.77. The molecule has 1 aliphatic carbocycles. The van der Waals surface area contributed by atoms with Crippen LogP contribution in [0.3, 0.4) is 0 Å². The van der Waals surface area contributed by atoms with Crippen molar-refractivity contribution in [3.63, 3.8) is 0 Å². The van der Waals surface area contributed by atoms with Crippen molar-refractivity contribution in [2.75, 3.05) is 14.2 Å². The van der Waals surface area contributed by atoms with Gasteiger partial charge in [-0.05, 0) is 44.5 Å². The van der Waals surface area contributed by atoms with E-state index < -0.39 is 5.54 Å². The number of ether oxygens (including phenoxy) is 1. The molecule has 1 aromatic rings. The molecule has 0 aromatic heterocycles. The molecule has 0 amide bonds. The molecule has 0 radical (unpaired) electrons. The smallest absolute Gasteiger partial charge is 0.326 e. The first kappa shape index (κ1) is 14.7. The van der Waals surface area contributed by atoms with Crippen LogP contribution in [0.2, 0.25) is 5.02 Å². The molecule has 1 N–H and O–H groups in total. The van der Waals surface area contributed by atoms with Crippen LogP contribution < -0.4 is 5.32 Å². The zero-order valence-corrected chi connectivity index (χ0v) is 12.7. The zero-order valence-electron chi connectivity index (χ0n) is 11.1. The maximum atomic E-state index is 11.9. The van der Waals surface area contributed by atoms with Crippen LogP contribution in [0.15, 0.2) is 29.2 Å². The van der Waals surface area contributed by atoms with Crippen molar-refractivity contribution in [1.82, 2.24) is 5.32 Å². The van der Waals surface area contributed by atoms with Crippen LogP contribution in [0.5, 0.6) is 0 Å². The van der Waals surface area contributed by atoms with Crippen molar-refractivity contribution in [2.24, 2.45) is 0 Å². The van der Waals surface area contributed by atoms with E-state index in [-0.39, 0.29) is 5.97 Å². The minimum Gasteiger partial charge on any atom is -0.468 e. The first-order chi connectivity index (χ1) is 9.09. The van der Waals surface area contributed by atoms with Crippen molar-refractivity contribution in [2.45, 2.75) is 34.9 Å². The van der Waals surface area contributed by atoms with Gasteiger partial charge in [0.25, 0.3) is 0 Å². The number of hydrogen-bond donors (Lipinski definition) is 1. The molecule has 5 heteroatoms. The average molecular weight is 300 g/mol. The molecule has 1 fully saturated rings. The van der Waals surface area contributed by atoms with Crippen molar-refractivity contribution >= 4 is 29.3 Å². The molecule has 2 atom stereocenters. The Kier molecular flexibility index (Phi) is 4.76. The Morgan fingerprint density at radius 3 is 3.00 bits per heavy atom. The highest BCUT2D eigenvalue weighted by atomic mass is 35.5. The first-order valence-electron chi connectivity index (χ1n) is 6.29. The van der Waals surface area contributed by atoms with Crippen LogP contribution in [0.4, 0.5) is 0 Å². The minimum absolute atomic E-state index is 0.163. The highest BCUT2D eigenvalue weighted by molar-refractivity contribution is 8.00. The van der Waals surface area contributed by atoms with Crippen LogP contribution in [0, 0.1) is 0 Å². The number of nitrogens with one attached hydrogen (secondary N) is 1. The molecule has 2 rings (SSSR count). The molecule has 1 aliphatic rings. The van der Waals surface area contributed by atoms with Crippen LogP contribution in [-0.2, 0) is 9.53 Å². The van der Waals surface area contributed by atoms with Gasteiger partial charge in [0.15, 0.2) is 0 Å². The molecule has 0 spiro atoms. The zero-order chi connectivity index (χ0) is 13.9. The molecule has 104 valence electrons. The van der Waals surface area contributed by atoms with E-state index in [0.29, 0.717) is 5.25 Å². The molecule has 1 aromatic carbocycles. The lowest BCUT2D eigenvalue weighted by atomic mass is 9.98. The Labute approximate surface area is 123 Å². The summed E-state index contributed by atoms with van der Waals surface area (Å²) in [6, 6.07) is 7.83. The molecule has 2 unspecified atom stereocenters. The number of benzene rings is 1. The molecule has 0 heterocycles. The Bertz CT molecular complexity index is 469. The summed E-state index contributed by atoms with van der Waals surface area (Å²) in [5.74, 6) is -0.163. The SMILES string of the molecule is CNC1(C(=O)OC)CCC(Sc2cccc(Cl)c2)C1. The van der Waals surface area contributed by atoms with Crippen molar-refractivity contribution in [3.8, 4) is 0 Å². The van der Waals surface area contributed by atoms with Crippen molar-refractivity contribution < 1.29 is 9.53 Å². The predicted octanol–water partition coefficient (Wildman–Crippen LogP) is 3.12. The number of rotatable bonds is 4. The average Bonchev–Trinajstić information content (AvgIpc) is 2.82. The van der Waals surface area contributed by atoms with E-state index in [4.69, 9.17) is 16.3 Å². The Hall–Kier alpha value is -0.710. The molecule has 3 nitrogen and oxygen atoms in total. The number of esters is 1. The second kappa shape index (κ2) is 6.16. The first-order valence-corrected chi connectivity index (χ1v) is 7.55. The lowest BCUT2D eigenvalue weighted by Crippen LogP contribution is -2.49. The summed E-state index contributed by atoms with van der Waals surface area (Å²) in [7, 11) is 3.27. The largest absolute Gasteiger partial charge is 0.468 e. The fourth-order valence-corrected chi connectivity index (χ4v) is 4.14. The van der Waals surface area contributed by atoms with Gasteiger partial charge in [-0.15, -0.1) is 11.8 Å². The van der Waals surface area contributed by atoms with Crippen LogP contribution in [0.25, 0.3) is 0 Å². The summed E-state index contributed by atoms with van der Waals surface area (Å²) in [5, 5.41) is 4.29. The third-order valence-electron chi connectivity index (χ3n) is 3.62. The number of halogens is 1. The highest BCUT2D eigenvalue weighted by Crippen LogP contribution is 2.41. The third-order valence-corrected chi connectivity index (χ3v) is 5.12. The lowest BCUT2D eigenvalue weighted by molar-refractivity contribution is -0.148. The van der Waals surface area contributed by atoms with Crippen LogP contribution >= 0.6 is 23.4 Å². The van der Waals surface area contributed by atoms with Crippen molar-refractivity contribution in [3.05, 3.63) is 29.3 Å². The Morgan fingerprint density at radius 1 is 1.58 bits per heavy atom. The number of likely N-dealkylation sites (N-methyl/N-ethyl adjacent to an activating group) is 1. The van der Waals surface area contributed by atoms with E-state index in [0.717, 1.165) is 29.2 Å². The van der Waals surface area contributed by atoms with Gasteiger partial charge in [0.2, 0.25) is 0 Å². The van der Waals surface area contributed by atoms with E-state index in [1.807, 2.05) is 31.3 Å². The van der Waals surface area contributed by atoms with Gasteiger partial charge in [-0.1, -0.05) is 17.7 Å². The molecule has 0 aliphatic heterocycles. The number of thioether (sulfide) groups is 1. The van der Waals surface area contributed by atoms with Gasteiger partial charge in [-0.25, -0.2) is 0 Å². The predicted molar refractivity (Wildman–Crippen MR) is 78.8 cm³/mol. The number of methoxy groups -OCH3 is 1. The van der Waals surface area contributed by atoms with Gasteiger partial charge in [-0.3, -0.25) is 4.79 Å². The van der Waals surface area contributed by atoms with Crippen molar-refractivity contribution in [1.29, 1.82) is 0 Å². The molecule has 1 saturated carbocycles. The van der Waals surface area contributed by atoms with Gasteiger partial charge < -0.3 is 10.1 Å². The number of hydrogen-bond acceptors (Lipinski definition) is 4. The normalized spacial score (nSPS) is 26.4. The molecule has 0 saturated heterocycles. The topological polar surface area (TPSA) is 38.3 Å².